The minimum atomic E-state index is -3.74. The number of aromatic nitrogens is 2. The average Bonchev–Trinajstić information content (AvgIpc) is 3.45. The van der Waals surface area contributed by atoms with Crippen LogP contribution in [0.15, 0.2) is 83.8 Å². The van der Waals surface area contributed by atoms with Crippen molar-refractivity contribution in [2.24, 2.45) is 0 Å². The smallest absolute Gasteiger partial charge is 0.243 e. The van der Waals surface area contributed by atoms with Gasteiger partial charge in [0.05, 0.1) is 22.0 Å². The summed E-state index contributed by atoms with van der Waals surface area (Å²) in [6.45, 7) is 2.47. The van der Waals surface area contributed by atoms with Crippen LogP contribution in [0.4, 0.5) is 5.69 Å². The molecule has 3 aromatic carbocycles. The highest BCUT2D eigenvalue weighted by atomic mass is 32.2. The number of amides is 1. The Bertz CT molecular complexity index is 1430. The molecule has 1 fully saturated rings. The molecule has 0 saturated carbocycles. The average molecular weight is 475 g/mol. The van der Waals surface area contributed by atoms with Crippen LogP contribution < -0.4 is 5.32 Å². The molecular weight excluding hydrogens is 448 g/mol. The standard InChI is InChI=1S/C26H26N4O3S/c1-19(31)27-21-13-15-22(16-14-21)34(32,33)30-17-7-12-25(30)26-28-23-10-5-6-11-24(23)29(26)18-20-8-3-2-4-9-20/h2-6,8-11,13-16,25H,7,12,17-18H2,1H3,(H,27,31). The van der Waals surface area contributed by atoms with Gasteiger partial charge in [-0.25, -0.2) is 13.4 Å². The molecule has 0 bridgehead atoms. The first-order chi connectivity index (χ1) is 16.4. The molecule has 34 heavy (non-hydrogen) atoms. The van der Waals surface area contributed by atoms with Crippen molar-refractivity contribution in [3.05, 3.63) is 90.3 Å². The number of hydrogen-bond acceptors (Lipinski definition) is 4. The number of hydrogen-bond donors (Lipinski definition) is 1. The van der Waals surface area contributed by atoms with Crippen molar-refractivity contribution in [2.75, 3.05) is 11.9 Å². The second kappa shape index (κ2) is 9.04. The number of rotatable bonds is 6. The van der Waals surface area contributed by atoms with E-state index in [9.17, 15) is 13.2 Å². The Hall–Kier alpha value is -3.49. The number of para-hydroxylation sites is 2. The molecule has 1 amide bonds. The summed E-state index contributed by atoms with van der Waals surface area (Å²) < 4.78 is 31.0. The van der Waals surface area contributed by atoms with Crippen molar-refractivity contribution in [1.29, 1.82) is 0 Å². The lowest BCUT2D eigenvalue weighted by molar-refractivity contribution is -0.114. The molecule has 7 nitrogen and oxygen atoms in total. The highest BCUT2D eigenvalue weighted by Crippen LogP contribution is 2.38. The van der Waals surface area contributed by atoms with Gasteiger partial charge in [0.2, 0.25) is 15.9 Å². The fourth-order valence-corrected chi connectivity index (χ4v) is 6.27. The zero-order valence-corrected chi connectivity index (χ0v) is 19.7. The summed E-state index contributed by atoms with van der Waals surface area (Å²) in [6.07, 6.45) is 1.48. The molecule has 174 valence electrons. The summed E-state index contributed by atoms with van der Waals surface area (Å²) in [5, 5.41) is 2.67. The monoisotopic (exact) mass is 474 g/mol. The van der Waals surface area contributed by atoms with Gasteiger partial charge in [0.25, 0.3) is 0 Å². The molecule has 1 aliphatic heterocycles. The molecule has 1 aliphatic rings. The molecule has 0 radical (unpaired) electrons. The second-order valence-corrected chi connectivity index (χ2v) is 10.4. The molecule has 5 rings (SSSR count). The first kappa shape index (κ1) is 22.3. The number of nitrogens with zero attached hydrogens (tertiary/aromatic N) is 3. The van der Waals surface area contributed by atoms with E-state index in [1.54, 1.807) is 28.6 Å². The molecular formula is C26H26N4O3S. The number of carbonyl (C=O) groups excluding carboxylic acids is 1. The van der Waals surface area contributed by atoms with Crippen LogP contribution in [0, 0.1) is 0 Å². The number of carbonyl (C=O) groups is 1. The van der Waals surface area contributed by atoms with E-state index in [0.717, 1.165) is 28.8 Å². The maximum absolute atomic E-state index is 13.6. The van der Waals surface area contributed by atoms with Crippen molar-refractivity contribution >= 4 is 32.7 Å². The van der Waals surface area contributed by atoms with Crippen molar-refractivity contribution < 1.29 is 13.2 Å². The van der Waals surface area contributed by atoms with Gasteiger partial charge in [0, 0.05) is 25.7 Å². The number of benzene rings is 3. The van der Waals surface area contributed by atoms with Gasteiger partial charge in [0.1, 0.15) is 5.82 Å². The molecule has 0 aliphatic carbocycles. The normalized spacial score (nSPS) is 16.7. The Morgan fingerprint density at radius 1 is 1.00 bits per heavy atom. The van der Waals surface area contributed by atoms with E-state index in [1.165, 1.54) is 6.92 Å². The summed E-state index contributed by atoms with van der Waals surface area (Å²) >= 11 is 0. The van der Waals surface area contributed by atoms with Gasteiger partial charge in [-0.3, -0.25) is 4.79 Å². The maximum Gasteiger partial charge on any atom is 0.243 e. The predicted molar refractivity (Wildman–Crippen MR) is 132 cm³/mol. The Morgan fingerprint density at radius 2 is 1.71 bits per heavy atom. The van der Waals surface area contributed by atoms with Gasteiger partial charge in [-0.2, -0.15) is 4.31 Å². The Kier molecular flexibility index (Phi) is 5.93. The van der Waals surface area contributed by atoms with Crippen LogP contribution in [0.25, 0.3) is 11.0 Å². The summed E-state index contributed by atoms with van der Waals surface area (Å²) in [5.41, 5.74) is 3.55. The fourth-order valence-electron chi connectivity index (χ4n) is 4.62. The lowest BCUT2D eigenvalue weighted by Crippen LogP contribution is -2.32. The van der Waals surface area contributed by atoms with Crippen LogP contribution >= 0.6 is 0 Å². The van der Waals surface area contributed by atoms with Gasteiger partial charge in [-0.15, -0.1) is 0 Å². The van der Waals surface area contributed by atoms with Gasteiger partial charge in [-0.1, -0.05) is 42.5 Å². The van der Waals surface area contributed by atoms with Gasteiger partial charge < -0.3 is 9.88 Å². The number of sulfonamides is 1. The molecule has 0 spiro atoms. The van der Waals surface area contributed by atoms with Crippen molar-refractivity contribution in [3.8, 4) is 0 Å². The van der Waals surface area contributed by atoms with Gasteiger partial charge in [0.15, 0.2) is 0 Å². The molecule has 1 aromatic heterocycles. The van der Waals surface area contributed by atoms with E-state index in [2.05, 4.69) is 22.0 Å². The van der Waals surface area contributed by atoms with E-state index >= 15 is 0 Å². The third-order valence-electron chi connectivity index (χ3n) is 6.15. The quantitative estimate of drug-likeness (QED) is 0.444. The second-order valence-electron chi connectivity index (χ2n) is 8.51. The van der Waals surface area contributed by atoms with E-state index in [1.807, 2.05) is 42.5 Å². The molecule has 2 heterocycles. The SMILES string of the molecule is CC(=O)Nc1ccc(S(=O)(=O)N2CCCC2c2nc3ccccc3n2Cc2ccccc2)cc1. The summed E-state index contributed by atoms with van der Waals surface area (Å²) in [7, 11) is -3.74. The Balaban J connectivity index is 1.53. The zero-order valence-electron chi connectivity index (χ0n) is 18.9. The van der Waals surface area contributed by atoms with E-state index in [0.29, 0.717) is 25.2 Å². The lowest BCUT2D eigenvalue weighted by atomic mass is 10.2. The van der Waals surface area contributed by atoms with Crippen molar-refractivity contribution in [2.45, 2.75) is 37.2 Å². The molecule has 1 N–H and O–H groups in total. The minimum absolute atomic E-state index is 0.201. The van der Waals surface area contributed by atoms with Crippen LogP contribution in [0.1, 0.15) is 37.2 Å². The predicted octanol–water partition coefficient (Wildman–Crippen LogP) is 4.57. The fraction of sp³-hybridized carbons (Fsp3) is 0.231. The van der Waals surface area contributed by atoms with Crippen LogP contribution in [0.2, 0.25) is 0 Å². The number of anilines is 1. The first-order valence-electron chi connectivity index (χ1n) is 11.3. The third-order valence-corrected chi connectivity index (χ3v) is 8.07. The molecule has 4 aromatic rings. The Morgan fingerprint density at radius 3 is 2.44 bits per heavy atom. The van der Waals surface area contributed by atoms with Crippen LogP contribution in [-0.2, 0) is 21.4 Å². The number of imidazole rings is 1. The van der Waals surface area contributed by atoms with E-state index < -0.39 is 10.0 Å². The number of fused-ring (bicyclic) bond motifs is 1. The van der Waals surface area contributed by atoms with Gasteiger partial charge in [-0.05, 0) is 54.8 Å². The molecule has 1 unspecified atom stereocenters. The van der Waals surface area contributed by atoms with Crippen LogP contribution in [0.5, 0.6) is 0 Å². The highest BCUT2D eigenvalue weighted by Gasteiger charge is 2.39. The highest BCUT2D eigenvalue weighted by molar-refractivity contribution is 7.89. The van der Waals surface area contributed by atoms with E-state index in [4.69, 9.17) is 4.98 Å². The minimum Gasteiger partial charge on any atom is -0.326 e. The number of nitrogens with one attached hydrogen (secondary N) is 1. The topological polar surface area (TPSA) is 84.3 Å². The largest absolute Gasteiger partial charge is 0.326 e. The van der Waals surface area contributed by atoms with Crippen molar-refractivity contribution in [3.63, 3.8) is 0 Å². The van der Waals surface area contributed by atoms with E-state index in [-0.39, 0.29) is 16.8 Å². The van der Waals surface area contributed by atoms with Crippen LogP contribution in [0.3, 0.4) is 0 Å². The van der Waals surface area contributed by atoms with Gasteiger partial charge >= 0.3 is 0 Å². The summed E-state index contributed by atoms with van der Waals surface area (Å²) in [5.74, 6) is 0.563. The van der Waals surface area contributed by atoms with Crippen molar-refractivity contribution in [1.82, 2.24) is 13.9 Å². The summed E-state index contributed by atoms with van der Waals surface area (Å²) in [6, 6.07) is 24.0. The first-order valence-corrected chi connectivity index (χ1v) is 12.8. The van der Waals surface area contributed by atoms with Crippen LogP contribution in [-0.4, -0.2) is 34.7 Å². The Labute approximate surface area is 199 Å². The zero-order chi connectivity index (χ0) is 23.7. The molecule has 8 heteroatoms. The third kappa shape index (κ3) is 4.22. The summed E-state index contributed by atoms with van der Waals surface area (Å²) in [4.78, 5) is 16.4. The molecule has 1 saturated heterocycles. The maximum atomic E-state index is 13.6. The molecule has 1 atom stereocenters. The lowest BCUT2D eigenvalue weighted by Gasteiger charge is -2.25.